The van der Waals surface area contributed by atoms with E-state index in [9.17, 15) is 9.59 Å². The molecular formula is C15H8N2O2. The molecule has 1 aliphatic heterocycles. The number of hydrogen-bond acceptors (Lipinski definition) is 3. The van der Waals surface area contributed by atoms with Gasteiger partial charge in [-0.05, 0) is 18.2 Å². The van der Waals surface area contributed by atoms with Gasteiger partial charge in [-0.25, -0.2) is 4.98 Å². The summed E-state index contributed by atoms with van der Waals surface area (Å²) in [6.07, 6.45) is 0. The highest BCUT2D eigenvalue weighted by atomic mass is 16.2. The SMILES string of the molecule is O=C1c2ccccc2C(=O)n2c1nc1ccccc12. The maximum absolute atomic E-state index is 12.5. The predicted molar refractivity (Wildman–Crippen MR) is 69.3 cm³/mol. The summed E-state index contributed by atoms with van der Waals surface area (Å²) in [4.78, 5) is 29.2. The van der Waals surface area contributed by atoms with E-state index in [2.05, 4.69) is 4.98 Å². The van der Waals surface area contributed by atoms with E-state index < -0.39 is 0 Å². The van der Waals surface area contributed by atoms with E-state index in [1.807, 2.05) is 12.1 Å². The van der Waals surface area contributed by atoms with Gasteiger partial charge in [0, 0.05) is 5.56 Å². The van der Waals surface area contributed by atoms with E-state index in [1.54, 1.807) is 36.4 Å². The van der Waals surface area contributed by atoms with Crippen LogP contribution in [0.1, 0.15) is 26.5 Å². The van der Waals surface area contributed by atoms with Gasteiger partial charge in [-0.15, -0.1) is 0 Å². The van der Waals surface area contributed by atoms with Gasteiger partial charge in [-0.3, -0.25) is 14.2 Å². The molecule has 4 nitrogen and oxygen atoms in total. The van der Waals surface area contributed by atoms with E-state index >= 15 is 0 Å². The standard InChI is InChI=1S/C15H8N2O2/c18-13-9-5-1-2-6-10(9)15(19)17-12-8-4-3-7-11(12)16-14(13)17/h1-8H. The average Bonchev–Trinajstić information content (AvgIpc) is 2.84. The van der Waals surface area contributed by atoms with Gasteiger partial charge < -0.3 is 0 Å². The van der Waals surface area contributed by atoms with Crippen molar-refractivity contribution in [2.75, 3.05) is 0 Å². The lowest BCUT2D eigenvalue weighted by Gasteiger charge is -2.15. The Labute approximate surface area is 108 Å². The summed E-state index contributed by atoms with van der Waals surface area (Å²) in [5, 5.41) is 0. The molecule has 0 radical (unpaired) electrons. The van der Waals surface area contributed by atoms with Crippen molar-refractivity contribution in [2.45, 2.75) is 0 Å². The first-order chi connectivity index (χ1) is 9.27. The van der Waals surface area contributed by atoms with Gasteiger partial charge in [0.15, 0.2) is 5.82 Å². The Morgan fingerprint density at radius 2 is 1.53 bits per heavy atom. The molecule has 0 fully saturated rings. The number of ketones is 1. The summed E-state index contributed by atoms with van der Waals surface area (Å²) in [5.41, 5.74) is 2.19. The van der Waals surface area contributed by atoms with Crippen molar-refractivity contribution in [1.82, 2.24) is 9.55 Å². The van der Waals surface area contributed by atoms with Crippen molar-refractivity contribution >= 4 is 22.7 Å². The molecule has 4 rings (SSSR count). The molecule has 0 spiro atoms. The molecule has 0 bridgehead atoms. The summed E-state index contributed by atoms with van der Waals surface area (Å²) in [6.45, 7) is 0. The van der Waals surface area contributed by atoms with Crippen molar-refractivity contribution in [1.29, 1.82) is 0 Å². The van der Waals surface area contributed by atoms with Gasteiger partial charge in [0.1, 0.15) is 0 Å². The molecule has 2 heterocycles. The zero-order chi connectivity index (χ0) is 13.0. The van der Waals surface area contributed by atoms with E-state index in [4.69, 9.17) is 0 Å². The minimum Gasteiger partial charge on any atom is -0.285 e. The fraction of sp³-hybridized carbons (Fsp3) is 0. The first-order valence-electron chi connectivity index (χ1n) is 5.93. The van der Waals surface area contributed by atoms with Crippen molar-refractivity contribution in [3.8, 4) is 0 Å². The number of fused-ring (bicyclic) bond motifs is 4. The fourth-order valence-electron chi connectivity index (χ4n) is 2.49. The Balaban J connectivity index is 2.14. The van der Waals surface area contributed by atoms with Crippen LogP contribution in [0.25, 0.3) is 11.0 Å². The molecule has 0 unspecified atom stereocenters. The average molecular weight is 248 g/mol. The van der Waals surface area contributed by atoms with Crippen LogP contribution < -0.4 is 0 Å². The van der Waals surface area contributed by atoms with Gasteiger partial charge in [0.25, 0.3) is 5.91 Å². The molecule has 0 saturated heterocycles. The summed E-state index contributed by atoms with van der Waals surface area (Å²) in [5.74, 6) is -0.199. The van der Waals surface area contributed by atoms with Gasteiger partial charge >= 0.3 is 0 Å². The third-order valence-corrected chi connectivity index (χ3v) is 3.37. The molecule has 90 valence electrons. The molecule has 1 aromatic heterocycles. The normalized spacial score (nSPS) is 13.5. The molecule has 3 aromatic rings. The van der Waals surface area contributed by atoms with Gasteiger partial charge in [0.2, 0.25) is 5.78 Å². The molecule has 0 N–H and O–H groups in total. The third-order valence-electron chi connectivity index (χ3n) is 3.37. The number of nitrogens with zero attached hydrogens (tertiary/aromatic N) is 2. The summed E-state index contributed by atoms with van der Waals surface area (Å²) < 4.78 is 1.40. The molecule has 2 aromatic carbocycles. The summed E-state index contributed by atoms with van der Waals surface area (Å²) in [6, 6.07) is 14.1. The van der Waals surface area contributed by atoms with E-state index in [-0.39, 0.29) is 17.5 Å². The van der Waals surface area contributed by atoms with Gasteiger partial charge in [-0.2, -0.15) is 0 Å². The minimum absolute atomic E-state index is 0.195. The topological polar surface area (TPSA) is 52.0 Å². The van der Waals surface area contributed by atoms with Crippen LogP contribution in [0.15, 0.2) is 48.5 Å². The quantitative estimate of drug-likeness (QED) is 0.479. The highest BCUT2D eigenvalue weighted by Crippen LogP contribution is 2.26. The van der Waals surface area contributed by atoms with Gasteiger partial charge in [0.05, 0.1) is 16.6 Å². The molecular weight excluding hydrogens is 240 g/mol. The highest BCUT2D eigenvalue weighted by Gasteiger charge is 2.31. The molecule has 1 aliphatic rings. The number of rotatable bonds is 0. The van der Waals surface area contributed by atoms with E-state index in [1.165, 1.54) is 4.57 Å². The predicted octanol–water partition coefficient (Wildman–Crippen LogP) is 2.27. The summed E-state index contributed by atoms with van der Waals surface area (Å²) in [7, 11) is 0. The smallest absolute Gasteiger partial charge is 0.264 e. The Morgan fingerprint density at radius 3 is 2.37 bits per heavy atom. The second-order valence-electron chi connectivity index (χ2n) is 4.44. The Morgan fingerprint density at radius 1 is 0.842 bits per heavy atom. The van der Waals surface area contributed by atoms with Crippen LogP contribution in [-0.2, 0) is 0 Å². The zero-order valence-corrected chi connectivity index (χ0v) is 9.83. The Bertz CT molecular complexity index is 861. The molecule has 0 saturated carbocycles. The largest absolute Gasteiger partial charge is 0.285 e. The van der Waals surface area contributed by atoms with Crippen LogP contribution in [0.3, 0.4) is 0 Å². The van der Waals surface area contributed by atoms with E-state index in [0.717, 1.165) is 0 Å². The molecule has 19 heavy (non-hydrogen) atoms. The molecule has 0 atom stereocenters. The van der Waals surface area contributed by atoms with Crippen molar-refractivity contribution in [3.05, 3.63) is 65.5 Å². The Hall–Kier alpha value is -2.75. The number of carbonyl (C=O) groups excluding carboxylic acids is 2. The lowest BCUT2D eigenvalue weighted by molar-refractivity contribution is 0.0911. The lowest BCUT2D eigenvalue weighted by atomic mass is 9.99. The first-order valence-corrected chi connectivity index (χ1v) is 5.93. The number of carbonyl (C=O) groups is 2. The fourth-order valence-corrected chi connectivity index (χ4v) is 2.49. The number of imidazole rings is 1. The summed E-state index contributed by atoms with van der Waals surface area (Å²) >= 11 is 0. The van der Waals surface area contributed by atoms with Crippen molar-refractivity contribution in [2.24, 2.45) is 0 Å². The molecule has 0 amide bonds. The van der Waals surface area contributed by atoms with Crippen LogP contribution in [0.2, 0.25) is 0 Å². The third kappa shape index (κ3) is 1.20. The van der Waals surface area contributed by atoms with Crippen molar-refractivity contribution < 1.29 is 9.59 Å². The van der Waals surface area contributed by atoms with Crippen molar-refractivity contribution in [3.63, 3.8) is 0 Å². The second-order valence-corrected chi connectivity index (χ2v) is 4.44. The number of para-hydroxylation sites is 2. The van der Waals surface area contributed by atoms with Crippen LogP contribution in [0.5, 0.6) is 0 Å². The maximum atomic E-state index is 12.5. The second kappa shape index (κ2) is 3.38. The number of aromatic nitrogens is 2. The van der Waals surface area contributed by atoms with Crippen LogP contribution in [-0.4, -0.2) is 21.2 Å². The molecule has 4 heteroatoms. The Kier molecular flexibility index (Phi) is 1.82. The number of hydrogen-bond donors (Lipinski definition) is 0. The van der Waals surface area contributed by atoms with Gasteiger partial charge in [-0.1, -0.05) is 30.3 Å². The van der Waals surface area contributed by atoms with Crippen LogP contribution in [0, 0.1) is 0 Å². The highest BCUT2D eigenvalue weighted by molar-refractivity contribution is 6.22. The first kappa shape index (κ1) is 10.2. The molecule has 0 aliphatic carbocycles. The minimum atomic E-state index is -0.202. The number of benzene rings is 2. The maximum Gasteiger partial charge on any atom is 0.264 e. The zero-order valence-electron chi connectivity index (χ0n) is 9.83. The monoisotopic (exact) mass is 248 g/mol. The van der Waals surface area contributed by atoms with Crippen LogP contribution in [0.4, 0.5) is 0 Å². The van der Waals surface area contributed by atoms with E-state index in [0.29, 0.717) is 22.2 Å². The lowest BCUT2D eigenvalue weighted by Crippen LogP contribution is -2.27. The van der Waals surface area contributed by atoms with Crippen LogP contribution >= 0.6 is 0 Å².